The molecule has 0 N–H and O–H groups in total. The van der Waals surface area contributed by atoms with Crippen LogP contribution in [0.15, 0.2) is 12.2 Å². The highest BCUT2D eigenvalue weighted by Crippen LogP contribution is 1.94. The van der Waals surface area contributed by atoms with Crippen LogP contribution in [0.4, 0.5) is 0 Å². The Kier molecular flexibility index (Phi) is 4.94. The van der Waals surface area contributed by atoms with Crippen LogP contribution in [0.5, 0.6) is 0 Å². The number of thioether (sulfide) groups is 1. The van der Waals surface area contributed by atoms with E-state index in [9.17, 15) is 4.79 Å². The molecule has 0 saturated carbocycles. The number of hydrogen-bond donors (Lipinski definition) is 0. The smallest absolute Gasteiger partial charge is 0.401 e. The molecule has 0 saturated heterocycles. The highest BCUT2D eigenvalue weighted by atomic mass is 32.2. The fourth-order valence-electron chi connectivity index (χ4n) is 0.320. The molecule has 0 aromatic rings. The average Bonchev–Trinajstić information content (AvgIpc) is 1.88. The zero-order chi connectivity index (χ0) is 7.98. The van der Waals surface area contributed by atoms with E-state index in [1.165, 1.54) is 0 Å². The Labute approximate surface area is 65.6 Å². The fourth-order valence-corrected chi connectivity index (χ4v) is 0.570. The lowest BCUT2D eigenvalue weighted by Gasteiger charge is -1.94. The molecule has 0 aromatic carbocycles. The third kappa shape index (κ3) is 4.32. The van der Waals surface area contributed by atoms with Gasteiger partial charge in [0, 0.05) is 19.3 Å². The number of rotatable bonds is 4. The Morgan fingerprint density at radius 2 is 2.40 bits per heavy atom. The zero-order valence-corrected chi connectivity index (χ0v) is 6.87. The van der Waals surface area contributed by atoms with Crippen molar-refractivity contribution in [2.75, 3.05) is 18.6 Å². The SMILES string of the molecule is C=C([CH2+])C(=O)OCCSC. The molecule has 0 unspecified atom stereocenters. The first kappa shape index (κ1) is 9.43. The first-order valence-electron chi connectivity index (χ1n) is 2.85. The van der Waals surface area contributed by atoms with Crippen LogP contribution in [0.2, 0.25) is 0 Å². The van der Waals surface area contributed by atoms with Crippen molar-refractivity contribution >= 4 is 17.7 Å². The van der Waals surface area contributed by atoms with Crippen LogP contribution >= 0.6 is 11.8 Å². The summed E-state index contributed by atoms with van der Waals surface area (Å²) >= 11 is 1.63. The molecule has 2 nitrogen and oxygen atoms in total. The summed E-state index contributed by atoms with van der Waals surface area (Å²) in [5, 5.41) is 0. The molecule has 0 rings (SSSR count). The molecule has 0 amide bonds. The van der Waals surface area contributed by atoms with E-state index in [1.54, 1.807) is 11.8 Å². The van der Waals surface area contributed by atoms with Gasteiger partial charge in [0.05, 0.1) is 0 Å². The number of hydrogen-bond acceptors (Lipinski definition) is 3. The molecule has 0 fully saturated rings. The summed E-state index contributed by atoms with van der Waals surface area (Å²) in [5.41, 5.74) is 0.209. The third-order valence-electron chi connectivity index (χ3n) is 0.809. The van der Waals surface area contributed by atoms with Crippen LogP contribution in [0, 0.1) is 6.92 Å². The van der Waals surface area contributed by atoms with Gasteiger partial charge in [-0.1, -0.05) is 0 Å². The van der Waals surface area contributed by atoms with E-state index in [2.05, 4.69) is 13.5 Å². The molecule has 0 aromatic heterocycles. The van der Waals surface area contributed by atoms with Crippen molar-refractivity contribution < 1.29 is 9.53 Å². The van der Waals surface area contributed by atoms with Crippen LogP contribution in [-0.2, 0) is 9.53 Å². The lowest BCUT2D eigenvalue weighted by atomic mass is 10.4. The van der Waals surface area contributed by atoms with E-state index >= 15 is 0 Å². The van der Waals surface area contributed by atoms with Gasteiger partial charge in [0.2, 0.25) is 5.57 Å². The molecule has 3 heteroatoms. The van der Waals surface area contributed by atoms with Crippen LogP contribution in [0.25, 0.3) is 0 Å². The third-order valence-corrected chi connectivity index (χ3v) is 1.38. The summed E-state index contributed by atoms with van der Waals surface area (Å²) in [5.74, 6) is 0.410. The minimum atomic E-state index is -0.408. The second-order valence-electron chi connectivity index (χ2n) is 1.73. The highest BCUT2D eigenvalue weighted by molar-refractivity contribution is 7.98. The number of carbonyl (C=O) groups excluding carboxylic acids is 1. The van der Waals surface area contributed by atoms with Gasteiger partial charge in [-0.05, 0) is 6.26 Å². The Balaban J connectivity index is 3.31. The van der Waals surface area contributed by atoms with Crippen molar-refractivity contribution in [3.05, 3.63) is 19.1 Å². The Bertz CT molecular complexity index is 132. The van der Waals surface area contributed by atoms with Crippen LogP contribution in [-0.4, -0.2) is 24.6 Å². The second-order valence-corrected chi connectivity index (χ2v) is 2.72. The van der Waals surface area contributed by atoms with E-state index in [4.69, 9.17) is 4.74 Å². The van der Waals surface area contributed by atoms with Gasteiger partial charge < -0.3 is 4.74 Å². The second kappa shape index (κ2) is 5.23. The number of esters is 1. The minimum Gasteiger partial charge on any atom is -0.401 e. The Morgan fingerprint density at radius 3 is 2.80 bits per heavy atom. The molecule has 0 spiro atoms. The minimum absolute atomic E-state index is 0.209. The first-order valence-corrected chi connectivity index (χ1v) is 4.24. The Hall–Kier alpha value is -0.570. The van der Waals surface area contributed by atoms with Crippen LogP contribution in [0.3, 0.4) is 0 Å². The van der Waals surface area contributed by atoms with E-state index in [-0.39, 0.29) is 5.57 Å². The van der Waals surface area contributed by atoms with Gasteiger partial charge in [-0.15, -0.1) is 0 Å². The molecule has 0 aliphatic heterocycles. The standard InChI is InChI=1S/C7H11O2S/c1-6(2)7(8)9-4-5-10-3/h1-2,4-5H2,3H3/q+1. The lowest BCUT2D eigenvalue weighted by molar-refractivity contribution is -0.137. The van der Waals surface area contributed by atoms with E-state index in [1.807, 2.05) is 6.26 Å². The van der Waals surface area contributed by atoms with Gasteiger partial charge >= 0.3 is 5.97 Å². The predicted octanol–water partition coefficient (Wildman–Crippen LogP) is 1.28. The van der Waals surface area contributed by atoms with Crippen LogP contribution in [0.1, 0.15) is 0 Å². The quantitative estimate of drug-likeness (QED) is 0.267. The fraction of sp³-hybridized carbons (Fsp3) is 0.429. The van der Waals surface area contributed by atoms with Crippen molar-refractivity contribution in [3.63, 3.8) is 0 Å². The maximum atomic E-state index is 10.6. The Morgan fingerprint density at radius 1 is 1.80 bits per heavy atom. The molecular weight excluding hydrogens is 148 g/mol. The average molecular weight is 159 g/mol. The van der Waals surface area contributed by atoms with Gasteiger partial charge in [-0.2, -0.15) is 16.6 Å². The largest absolute Gasteiger partial charge is 0.448 e. The van der Waals surface area contributed by atoms with Gasteiger partial charge in [-0.3, -0.25) is 0 Å². The maximum absolute atomic E-state index is 10.6. The highest BCUT2D eigenvalue weighted by Gasteiger charge is 2.10. The molecule has 10 heavy (non-hydrogen) atoms. The molecular formula is C7H11O2S+. The van der Waals surface area contributed by atoms with Crippen molar-refractivity contribution in [1.82, 2.24) is 0 Å². The molecule has 0 atom stereocenters. The molecule has 0 aliphatic carbocycles. The first-order chi connectivity index (χ1) is 4.68. The van der Waals surface area contributed by atoms with Crippen molar-refractivity contribution in [3.8, 4) is 0 Å². The molecule has 0 heterocycles. The van der Waals surface area contributed by atoms with E-state index in [0.717, 1.165) is 5.75 Å². The van der Waals surface area contributed by atoms with Gasteiger partial charge in [0.15, 0.2) is 0 Å². The number of ether oxygens (including phenoxy) is 1. The van der Waals surface area contributed by atoms with Gasteiger partial charge in [0.1, 0.15) is 6.61 Å². The van der Waals surface area contributed by atoms with Crippen LogP contribution < -0.4 is 0 Å². The lowest BCUT2D eigenvalue weighted by Crippen LogP contribution is -2.07. The predicted molar refractivity (Wildman–Crippen MR) is 43.8 cm³/mol. The topological polar surface area (TPSA) is 26.3 Å². The zero-order valence-electron chi connectivity index (χ0n) is 6.05. The van der Waals surface area contributed by atoms with Gasteiger partial charge in [0.25, 0.3) is 0 Å². The normalized spacial score (nSPS) is 8.90. The van der Waals surface area contributed by atoms with Gasteiger partial charge in [-0.25, -0.2) is 0 Å². The molecule has 0 radical (unpaired) electrons. The summed E-state index contributed by atoms with van der Waals surface area (Å²) in [4.78, 5) is 10.6. The summed E-state index contributed by atoms with van der Waals surface area (Å²) in [6, 6.07) is 0. The summed E-state index contributed by atoms with van der Waals surface area (Å²) in [6.45, 7) is 7.12. The van der Waals surface area contributed by atoms with E-state index < -0.39 is 5.97 Å². The summed E-state index contributed by atoms with van der Waals surface area (Å²) < 4.78 is 4.72. The monoisotopic (exact) mass is 159 g/mol. The molecule has 0 bridgehead atoms. The molecule has 56 valence electrons. The van der Waals surface area contributed by atoms with Crippen molar-refractivity contribution in [2.24, 2.45) is 0 Å². The maximum Gasteiger partial charge on any atom is 0.448 e. The van der Waals surface area contributed by atoms with Crippen molar-refractivity contribution in [1.29, 1.82) is 0 Å². The van der Waals surface area contributed by atoms with E-state index in [0.29, 0.717) is 6.61 Å². The summed E-state index contributed by atoms with van der Waals surface area (Å²) in [6.07, 6.45) is 1.95. The molecule has 0 aliphatic rings. The summed E-state index contributed by atoms with van der Waals surface area (Å²) in [7, 11) is 0. The number of carbonyl (C=O) groups is 1. The van der Waals surface area contributed by atoms with Crippen molar-refractivity contribution in [2.45, 2.75) is 0 Å².